The van der Waals surface area contributed by atoms with E-state index in [1.54, 1.807) is 0 Å². The zero-order chi connectivity index (χ0) is 17.7. The maximum absolute atomic E-state index is 12.3. The SMILES string of the molecule is C=CCC(C(=O)OC(C)C(C)(C)C)C(=O)OC(C)C(C)(C)C. The van der Waals surface area contributed by atoms with Crippen molar-refractivity contribution < 1.29 is 19.1 Å². The summed E-state index contributed by atoms with van der Waals surface area (Å²) in [5, 5.41) is 0. The van der Waals surface area contributed by atoms with Crippen LogP contribution in [0.5, 0.6) is 0 Å². The van der Waals surface area contributed by atoms with Crippen LogP contribution in [0.3, 0.4) is 0 Å². The second-order valence-electron chi connectivity index (χ2n) is 7.97. The smallest absolute Gasteiger partial charge is 0.320 e. The topological polar surface area (TPSA) is 52.6 Å². The molecule has 0 fully saturated rings. The molecule has 0 aromatic carbocycles. The lowest BCUT2D eigenvalue weighted by molar-refractivity contribution is -0.172. The van der Waals surface area contributed by atoms with Crippen molar-refractivity contribution in [2.24, 2.45) is 16.7 Å². The Morgan fingerprint density at radius 1 is 0.909 bits per heavy atom. The molecule has 2 unspecified atom stereocenters. The molecule has 0 radical (unpaired) electrons. The van der Waals surface area contributed by atoms with E-state index in [1.165, 1.54) is 6.08 Å². The summed E-state index contributed by atoms with van der Waals surface area (Å²) in [5.41, 5.74) is -0.367. The molecule has 0 aliphatic rings. The molecule has 0 aromatic rings. The van der Waals surface area contributed by atoms with E-state index in [2.05, 4.69) is 6.58 Å². The molecule has 0 saturated carbocycles. The minimum Gasteiger partial charge on any atom is -0.461 e. The number of rotatable bonds is 6. The lowest BCUT2D eigenvalue weighted by Gasteiger charge is -2.30. The summed E-state index contributed by atoms with van der Waals surface area (Å²) >= 11 is 0. The third kappa shape index (κ3) is 6.63. The Morgan fingerprint density at radius 3 is 1.45 bits per heavy atom. The summed E-state index contributed by atoms with van der Waals surface area (Å²) < 4.78 is 10.9. The molecule has 0 aliphatic carbocycles. The molecule has 0 spiro atoms. The van der Waals surface area contributed by atoms with Crippen molar-refractivity contribution in [3.8, 4) is 0 Å². The Bertz CT molecular complexity index is 364. The number of ether oxygens (including phenoxy) is 2. The van der Waals surface area contributed by atoms with E-state index in [1.807, 2.05) is 55.4 Å². The van der Waals surface area contributed by atoms with Crippen LogP contribution in [0.4, 0.5) is 0 Å². The molecule has 4 heteroatoms. The molecule has 22 heavy (non-hydrogen) atoms. The summed E-state index contributed by atoms with van der Waals surface area (Å²) in [4.78, 5) is 24.6. The van der Waals surface area contributed by atoms with Gasteiger partial charge in [0.1, 0.15) is 12.2 Å². The first kappa shape index (κ1) is 20.7. The van der Waals surface area contributed by atoms with Gasteiger partial charge >= 0.3 is 11.9 Å². The van der Waals surface area contributed by atoms with Crippen LogP contribution in [0, 0.1) is 16.7 Å². The van der Waals surface area contributed by atoms with Gasteiger partial charge in [0.05, 0.1) is 0 Å². The Morgan fingerprint density at radius 2 is 1.23 bits per heavy atom. The number of allylic oxidation sites excluding steroid dienone is 1. The standard InChI is InChI=1S/C18H32O4/c1-10-11-14(15(19)21-12(2)17(4,5)6)16(20)22-13(3)18(7,8)9/h10,12-14H,1,11H2,2-9H3. The minimum atomic E-state index is -0.952. The number of esters is 2. The van der Waals surface area contributed by atoms with Gasteiger partial charge in [-0.05, 0) is 31.1 Å². The third-order valence-electron chi connectivity index (χ3n) is 4.00. The highest BCUT2D eigenvalue weighted by Crippen LogP contribution is 2.26. The van der Waals surface area contributed by atoms with Crippen LogP contribution in [0.2, 0.25) is 0 Å². The third-order valence-corrected chi connectivity index (χ3v) is 4.00. The summed E-state index contributed by atoms with van der Waals surface area (Å²) in [6, 6.07) is 0. The van der Waals surface area contributed by atoms with Gasteiger partial charge < -0.3 is 9.47 Å². The van der Waals surface area contributed by atoms with Gasteiger partial charge in [-0.15, -0.1) is 6.58 Å². The number of carbonyl (C=O) groups is 2. The zero-order valence-electron chi connectivity index (χ0n) is 15.4. The first-order chi connectivity index (χ1) is 9.80. The second-order valence-corrected chi connectivity index (χ2v) is 7.97. The van der Waals surface area contributed by atoms with Gasteiger partial charge in [-0.1, -0.05) is 47.6 Å². The Labute approximate surface area is 135 Å². The van der Waals surface area contributed by atoms with E-state index in [9.17, 15) is 9.59 Å². The minimum absolute atomic E-state index is 0.184. The molecule has 0 amide bonds. The van der Waals surface area contributed by atoms with Crippen molar-refractivity contribution in [3.63, 3.8) is 0 Å². The van der Waals surface area contributed by atoms with Gasteiger partial charge in [0.2, 0.25) is 0 Å². The first-order valence-electron chi connectivity index (χ1n) is 7.82. The van der Waals surface area contributed by atoms with Gasteiger partial charge in [0, 0.05) is 0 Å². The Kier molecular flexibility index (Phi) is 7.33. The highest BCUT2D eigenvalue weighted by atomic mass is 16.6. The Balaban J connectivity index is 4.95. The average Bonchev–Trinajstić information content (AvgIpc) is 2.32. The molecule has 0 aliphatic heterocycles. The fourth-order valence-corrected chi connectivity index (χ4v) is 1.32. The fourth-order valence-electron chi connectivity index (χ4n) is 1.32. The highest BCUT2D eigenvalue weighted by molar-refractivity contribution is 5.95. The van der Waals surface area contributed by atoms with Crippen molar-refractivity contribution in [1.29, 1.82) is 0 Å². The van der Waals surface area contributed by atoms with Crippen LogP contribution in [-0.4, -0.2) is 24.1 Å². The molecule has 0 aromatic heterocycles. The van der Waals surface area contributed by atoms with Crippen molar-refractivity contribution in [3.05, 3.63) is 12.7 Å². The maximum Gasteiger partial charge on any atom is 0.320 e. The average molecular weight is 312 g/mol. The molecule has 0 rings (SSSR count). The van der Waals surface area contributed by atoms with E-state index in [-0.39, 0.29) is 29.5 Å². The van der Waals surface area contributed by atoms with Crippen LogP contribution < -0.4 is 0 Å². The normalized spacial score (nSPS) is 16.4. The molecule has 4 nitrogen and oxygen atoms in total. The molecular weight excluding hydrogens is 280 g/mol. The summed E-state index contributed by atoms with van der Waals surface area (Å²) in [6.45, 7) is 19.1. The van der Waals surface area contributed by atoms with Gasteiger partial charge in [0.25, 0.3) is 0 Å². The van der Waals surface area contributed by atoms with E-state index < -0.39 is 17.9 Å². The molecular formula is C18H32O4. The molecule has 128 valence electrons. The first-order valence-corrected chi connectivity index (χ1v) is 7.82. The van der Waals surface area contributed by atoms with E-state index in [0.29, 0.717) is 0 Å². The van der Waals surface area contributed by atoms with Crippen molar-refractivity contribution in [1.82, 2.24) is 0 Å². The quantitative estimate of drug-likeness (QED) is 0.420. The summed E-state index contributed by atoms with van der Waals surface area (Å²) in [7, 11) is 0. The molecule has 0 heterocycles. The molecule has 2 atom stereocenters. The number of hydrogen-bond donors (Lipinski definition) is 0. The van der Waals surface area contributed by atoms with Crippen LogP contribution >= 0.6 is 0 Å². The number of carbonyl (C=O) groups excluding carboxylic acids is 2. The van der Waals surface area contributed by atoms with Crippen LogP contribution in [0.1, 0.15) is 61.8 Å². The van der Waals surface area contributed by atoms with E-state index >= 15 is 0 Å². The monoisotopic (exact) mass is 312 g/mol. The van der Waals surface area contributed by atoms with Crippen molar-refractivity contribution in [2.45, 2.75) is 74.0 Å². The Hall–Kier alpha value is -1.32. The van der Waals surface area contributed by atoms with E-state index in [0.717, 1.165) is 0 Å². The van der Waals surface area contributed by atoms with Crippen LogP contribution in [-0.2, 0) is 19.1 Å². The van der Waals surface area contributed by atoms with E-state index in [4.69, 9.17) is 9.47 Å². The fraction of sp³-hybridized carbons (Fsp3) is 0.778. The zero-order valence-corrected chi connectivity index (χ0v) is 15.4. The van der Waals surface area contributed by atoms with Gasteiger partial charge in [-0.2, -0.15) is 0 Å². The summed E-state index contributed by atoms with van der Waals surface area (Å²) in [5.74, 6) is -2.05. The van der Waals surface area contributed by atoms with Crippen LogP contribution in [0.15, 0.2) is 12.7 Å². The maximum atomic E-state index is 12.3. The van der Waals surface area contributed by atoms with Crippen molar-refractivity contribution >= 4 is 11.9 Å². The molecule has 0 saturated heterocycles. The van der Waals surface area contributed by atoms with Gasteiger partial charge in [-0.25, -0.2) is 0 Å². The lowest BCUT2D eigenvalue weighted by atomic mass is 9.90. The lowest BCUT2D eigenvalue weighted by Crippen LogP contribution is -2.37. The predicted octanol–water partition coefficient (Wildman–Crippen LogP) is 4.13. The second kappa shape index (κ2) is 7.80. The largest absolute Gasteiger partial charge is 0.461 e. The predicted molar refractivity (Wildman–Crippen MR) is 88.3 cm³/mol. The summed E-state index contributed by atoms with van der Waals surface area (Å²) in [6.07, 6.45) is 1.17. The van der Waals surface area contributed by atoms with Crippen LogP contribution in [0.25, 0.3) is 0 Å². The molecule has 0 bridgehead atoms. The highest BCUT2D eigenvalue weighted by Gasteiger charge is 2.35. The molecule has 0 N–H and O–H groups in total. The van der Waals surface area contributed by atoms with Gasteiger partial charge in [-0.3, -0.25) is 9.59 Å². The van der Waals surface area contributed by atoms with Gasteiger partial charge in [0.15, 0.2) is 5.92 Å². The number of hydrogen-bond acceptors (Lipinski definition) is 4. The van der Waals surface area contributed by atoms with Crippen molar-refractivity contribution in [2.75, 3.05) is 0 Å².